The van der Waals surface area contributed by atoms with Crippen LogP contribution in [0.3, 0.4) is 0 Å². The van der Waals surface area contributed by atoms with Gasteiger partial charge in [0, 0.05) is 11.3 Å². The zero-order valence-corrected chi connectivity index (χ0v) is 17.2. The fraction of sp³-hybridized carbons (Fsp3) is 0.286. The summed E-state index contributed by atoms with van der Waals surface area (Å²) in [6.45, 7) is 8.57. The number of anilines is 1. The number of carbonyl (C=O) groups is 1. The van der Waals surface area contributed by atoms with Crippen LogP contribution in [0.25, 0.3) is 11.5 Å². The first-order chi connectivity index (χ1) is 13.5. The van der Waals surface area contributed by atoms with Crippen molar-refractivity contribution in [1.82, 2.24) is 10.2 Å². The number of hydrogen-bond acceptors (Lipinski definition) is 6. The van der Waals surface area contributed by atoms with Gasteiger partial charge < -0.3 is 14.5 Å². The maximum Gasteiger partial charge on any atom is 0.277 e. The third-order valence-corrected chi connectivity index (χ3v) is 4.91. The van der Waals surface area contributed by atoms with E-state index in [4.69, 9.17) is 9.15 Å². The van der Waals surface area contributed by atoms with Crippen molar-refractivity contribution in [1.29, 1.82) is 0 Å². The summed E-state index contributed by atoms with van der Waals surface area (Å²) in [7, 11) is 0. The highest BCUT2D eigenvalue weighted by molar-refractivity contribution is 7.99. The van der Waals surface area contributed by atoms with Crippen molar-refractivity contribution in [2.24, 2.45) is 0 Å². The Labute approximate surface area is 168 Å². The molecule has 146 valence electrons. The van der Waals surface area contributed by atoms with E-state index in [1.54, 1.807) is 0 Å². The van der Waals surface area contributed by atoms with E-state index in [0.717, 1.165) is 28.1 Å². The number of amides is 1. The van der Waals surface area contributed by atoms with Crippen LogP contribution in [0.5, 0.6) is 5.75 Å². The number of carbonyl (C=O) groups excluding carboxylic acids is 1. The summed E-state index contributed by atoms with van der Waals surface area (Å²) >= 11 is 1.21. The Morgan fingerprint density at radius 2 is 1.79 bits per heavy atom. The van der Waals surface area contributed by atoms with Gasteiger partial charge in [0.05, 0.1) is 12.4 Å². The molecule has 28 heavy (non-hydrogen) atoms. The van der Waals surface area contributed by atoms with Crippen LogP contribution < -0.4 is 10.1 Å². The molecule has 1 N–H and O–H groups in total. The molecule has 0 atom stereocenters. The summed E-state index contributed by atoms with van der Waals surface area (Å²) in [5, 5.41) is 11.4. The van der Waals surface area contributed by atoms with Crippen LogP contribution in [0.4, 0.5) is 5.69 Å². The van der Waals surface area contributed by atoms with Gasteiger partial charge in [-0.15, -0.1) is 10.2 Å². The number of benzene rings is 2. The van der Waals surface area contributed by atoms with Crippen molar-refractivity contribution in [3.05, 3.63) is 53.1 Å². The van der Waals surface area contributed by atoms with Crippen LogP contribution in [-0.2, 0) is 4.79 Å². The lowest BCUT2D eigenvalue weighted by atomic mass is 10.1. The van der Waals surface area contributed by atoms with Crippen LogP contribution in [-0.4, -0.2) is 28.5 Å². The van der Waals surface area contributed by atoms with Crippen molar-refractivity contribution >= 4 is 23.4 Å². The van der Waals surface area contributed by atoms with Gasteiger partial charge in [-0.05, 0) is 63.1 Å². The third kappa shape index (κ3) is 4.92. The molecular formula is C21H23N3O3S. The smallest absolute Gasteiger partial charge is 0.277 e. The maximum atomic E-state index is 12.3. The lowest BCUT2D eigenvalue weighted by Crippen LogP contribution is -2.15. The molecule has 6 nitrogen and oxygen atoms in total. The Balaban J connectivity index is 1.59. The zero-order chi connectivity index (χ0) is 20.1. The van der Waals surface area contributed by atoms with Gasteiger partial charge in [-0.3, -0.25) is 4.79 Å². The Morgan fingerprint density at radius 3 is 2.43 bits per heavy atom. The molecule has 2 aromatic carbocycles. The molecule has 0 spiro atoms. The first-order valence-corrected chi connectivity index (χ1v) is 10.0. The normalized spacial score (nSPS) is 10.7. The van der Waals surface area contributed by atoms with E-state index in [1.807, 2.05) is 52.0 Å². The van der Waals surface area contributed by atoms with Crippen molar-refractivity contribution in [2.45, 2.75) is 32.9 Å². The van der Waals surface area contributed by atoms with Crippen LogP contribution >= 0.6 is 11.8 Å². The van der Waals surface area contributed by atoms with E-state index in [0.29, 0.717) is 17.7 Å². The summed E-state index contributed by atoms with van der Waals surface area (Å²) in [6, 6.07) is 11.5. The lowest BCUT2D eigenvalue weighted by molar-refractivity contribution is -0.113. The van der Waals surface area contributed by atoms with Crippen molar-refractivity contribution < 1.29 is 13.9 Å². The summed E-state index contributed by atoms with van der Waals surface area (Å²) in [5.41, 5.74) is 4.93. The highest BCUT2D eigenvalue weighted by Gasteiger charge is 2.13. The Morgan fingerprint density at radius 1 is 1.11 bits per heavy atom. The SMILES string of the molecule is CCOc1ccc(-c2nnc(SCC(=O)Nc3c(C)cc(C)cc3C)o2)cc1. The van der Waals surface area contributed by atoms with E-state index in [1.165, 1.54) is 17.3 Å². The fourth-order valence-corrected chi connectivity index (χ4v) is 3.49. The molecule has 0 saturated heterocycles. The van der Waals surface area contributed by atoms with Crippen LogP contribution in [0.15, 0.2) is 46.0 Å². The predicted octanol–water partition coefficient (Wildman–Crippen LogP) is 4.79. The third-order valence-electron chi connectivity index (χ3n) is 4.09. The predicted molar refractivity (Wildman–Crippen MR) is 111 cm³/mol. The summed E-state index contributed by atoms with van der Waals surface area (Å²) in [5.74, 6) is 1.29. The Bertz CT molecular complexity index is 944. The Hall–Kier alpha value is -2.80. The monoisotopic (exact) mass is 397 g/mol. The van der Waals surface area contributed by atoms with Crippen molar-refractivity contribution in [3.8, 4) is 17.2 Å². The molecule has 0 radical (unpaired) electrons. The molecule has 0 aliphatic carbocycles. The number of ether oxygens (including phenoxy) is 1. The summed E-state index contributed by atoms with van der Waals surface area (Å²) in [4.78, 5) is 12.3. The van der Waals surface area contributed by atoms with Gasteiger partial charge in [-0.2, -0.15) is 0 Å². The molecule has 0 fully saturated rings. The topological polar surface area (TPSA) is 77.2 Å². The van der Waals surface area contributed by atoms with Gasteiger partial charge in [0.1, 0.15) is 5.75 Å². The fourth-order valence-electron chi connectivity index (χ4n) is 2.93. The van der Waals surface area contributed by atoms with Gasteiger partial charge in [0.15, 0.2) is 0 Å². The summed E-state index contributed by atoms with van der Waals surface area (Å²) < 4.78 is 11.1. The number of hydrogen-bond donors (Lipinski definition) is 1. The molecule has 3 aromatic rings. The molecule has 0 bridgehead atoms. The number of aromatic nitrogens is 2. The average Bonchev–Trinajstić information content (AvgIpc) is 3.13. The van der Waals surface area contributed by atoms with Crippen LogP contribution in [0.1, 0.15) is 23.6 Å². The second-order valence-corrected chi connectivity index (χ2v) is 7.37. The highest BCUT2D eigenvalue weighted by Crippen LogP contribution is 2.26. The summed E-state index contributed by atoms with van der Waals surface area (Å²) in [6.07, 6.45) is 0. The molecule has 1 amide bonds. The molecule has 0 unspecified atom stereocenters. The van der Waals surface area contributed by atoms with E-state index in [-0.39, 0.29) is 11.7 Å². The largest absolute Gasteiger partial charge is 0.494 e. The minimum atomic E-state index is -0.110. The van der Waals surface area contributed by atoms with E-state index < -0.39 is 0 Å². The quantitative estimate of drug-likeness (QED) is 0.578. The molecule has 3 rings (SSSR count). The molecule has 7 heteroatoms. The number of nitrogens with one attached hydrogen (secondary N) is 1. The average molecular weight is 398 g/mol. The van der Waals surface area contributed by atoms with Crippen LogP contribution in [0.2, 0.25) is 0 Å². The molecule has 0 aliphatic heterocycles. The highest BCUT2D eigenvalue weighted by atomic mass is 32.2. The van der Waals surface area contributed by atoms with Gasteiger partial charge in [-0.1, -0.05) is 29.5 Å². The van der Waals surface area contributed by atoms with Crippen molar-refractivity contribution in [2.75, 3.05) is 17.7 Å². The van der Waals surface area contributed by atoms with E-state index in [2.05, 4.69) is 27.6 Å². The van der Waals surface area contributed by atoms with Gasteiger partial charge in [0.25, 0.3) is 5.22 Å². The number of thioether (sulfide) groups is 1. The number of nitrogens with zero attached hydrogens (tertiary/aromatic N) is 2. The zero-order valence-electron chi connectivity index (χ0n) is 16.4. The standard InChI is InChI=1S/C21H23N3O3S/c1-5-26-17-8-6-16(7-9-17)20-23-24-21(27-20)28-12-18(25)22-19-14(3)10-13(2)11-15(19)4/h6-11H,5,12H2,1-4H3,(H,22,25). The molecule has 1 heterocycles. The first-order valence-electron chi connectivity index (χ1n) is 9.03. The Kier molecular flexibility index (Phi) is 6.36. The number of rotatable bonds is 7. The molecule has 0 saturated carbocycles. The lowest BCUT2D eigenvalue weighted by Gasteiger charge is -2.12. The molecule has 1 aromatic heterocycles. The van der Waals surface area contributed by atoms with E-state index in [9.17, 15) is 4.79 Å². The van der Waals surface area contributed by atoms with Crippen LogP contribution in [0, 0.1) is 20.8 Å². The van der Waals surface area contributed by atoms with Crippen molar-refractivity contribution in [3.63, 3.8) is 0 Å². The molecule has 0 aliphatic rings. The van der Waals surface area contributed by atoms with Gasteiger partial charge in [-0.25, -0.2) is 0 Å². The van der Waals surface area contributed by atoms with Gasteiger partial charge in [0.2, 0.25) is 11.8 Å². The number of aryl methyl sites for hydroxylation is 3. The second kappa shape index (κ2) is 8.93. The van der Waals surface area contributed by atoms with E-state index >= 15 is 0 Å². The second-order valence-electron chi connectivity index (χ2n) is 6.44. The molecular weight excluding hydrogens is 374 g/mol. The first kappa shape index (κ1) is 19.9. The maximum absolute atomic E-state index is 12.3. The minimum Gasteiger partial charge on any atom is -0.494 e. The van der Waals surface area contributed by atoms with Gasteiger partial charge >= 0.3 is 0 Å². The minimum absolute atomic E-state index is 0.110.